The van der Waals surface area contributed by atoms with Gasteiger partial charge in [-0.3, -0.25) is 4.90 Å². The molecule has 1 aromatic carbocycles. The maximum absolute atomic E-state index is 14.7. The van der Waals surface area contributed by atoms with Gasteiger partial charge in [0.25, 0.3) is 0 Å². The Morgan fingerprint density at radius 3 is 2.46 bits per heavy atom. The second-order valence-electron chi connectivity index (χ2n) is 16.8. The first-order chi connectivity index (χ1) is 25.5. The van der Waals surface area contributed by atoms with E-state index in [2.05, 4.69) is 34.5 Å². The lowest BCUT2D eigenvalue weighted by molar-refractivity contribution is -0.137. The lowest BCUT2D eigenvalue weighted by Gasteiger charge is -2.47. The Labute approximate surface area is 316 Å². The van der Waals surface area contributed by atoms with Crippen LogP contribution in [-0.2, 0) is 35.3 Å². The molecule has 6 rings (SSSR count). The van der Waals surface area contributed by atoms with Gasteiger partial charge in [-0.1, -0.05) is 40.4 Å². The highest BCUT2D eigenvalue weighted by atomic mass is 28.3. The number of hydrogen-bond acceptors (Lipinski definition) is 10. The zero-order valence-electron chi connectivity index (χ0n) is 32.4. The van der Waals surface area contributed by atoms with E-state index in [1.54, 1.807) is 9.58 Å². The summed E-state index contributed by atoms with van der Waals surface area (Å²) in [5, 5.41) is 14.9. The standard InChI is InChI=1S/C37H55F3N8O5Si/c1-36(2,3)31-24-46(13-14-47(31)35(49)50)33-26-10-12-45(23-29(26)42-34(43-33)53-17-7-11-44-15-18-51-19-16-44)32-27-22-41-48(25-52-20-21-54(4,5)6)30(27)9-8-28(32)37(38,39)40/h8-9,22,31H,7,10-21,23-25H2,1-6H3,(H,49,50). The summed E-state index contributed by atoms with van der Waals surface area (Å²) < 4.78 is 63.3. The second kappa shape index (κ2) is 16.2. The van der Waals surface area contributed by atoms with Crippen LogP contribution in [0.25, 0.3) is 10.9 Å². The molecule has 13 nitrogen and oxygen atoms in total. The summed E-state index contributed by atoms with van der Waals surface area (Å²) in [7, 11) is -1.32. The molecule has 0 radical (unpaired) electrons. The van der Waals surface area contributed by atoms with E-state index in [4.69, 9.17) is 24.2 Å². The molecule has 3 aliphatic rings. The first kappa shape index (κ1) is 40.0. The summed E-state index contributed by atoms with van der Waals surface area (Å²) in [5.41, 5.74) is 0.981. The molecule has 2 fully saturated rings. The van der Waals surface area contributed by atoms with Gasteiger partial charge in [0.15, 0.2) is 0 Å². The van der Waals surface area contributed by atoms with Crippen LogP contribution in [0, 0.1) is 5.41 Å². The van der Waals surface area contributed by atoms with Crippen molar-refractivity contribution in [1.82, 2.24) is 29.5 Å². The quantitative estimate of drug-likeness (QED) is 0.171. The average molecular weight is 777 g/mol. The van der Waals surface area contributed by atoms with Crippen LogP contribution in [0.2, 0.25) is 25.7 Å². The number of morpholine rings is 1. The lowest BCUT2D eigenvalue weighted by atomic mass is 9.84. The fourth-order valence-electron chi connectivity index (χ4n) is 7.47. The van der Waals surface area contributed by atoms with Crippen LogP contribution < -0.4 is 14.5 Å². The van der Waals surface area contributed by atoms with Gasteiger partial charge in [-0.15, -0.1) is 0 Å². The minimum atomic E-state index is -4.60. The number of piperazine rings is 1. The topological polar surface area (TPSA) is 122 Å². The highest BCUT2D eigenvalue weighted by molar-refractivity contribution is 6.76. The van der Waals surface area contributed by atoms with Gasteiger partial charge in [-0.25, -0.2) is 9.48 Å². The van der Waals surface area contributed by atoms with Crippen molar-refractivity contribution < 1.29 is 37.3 Å². The van der Waals surface area contributed by atoms with E-state index < -0.39 is 25.9 Å². The molecule has 17 heteroatoms. The largest absolute Gasteiger partial charge is 0.465 e. The van der Waals surface area contributed by atoms with Crippen LogP contribution >= 0.6 is 0 Å². The number of rotatable bonds is 12. The number of benzene rings is 1. The number of halogens is 3. The Morgan fingerprint density at radius 2 is 1.78 bits per heavy atom. The van der Waals surface area contributed by atoms with E-state index in [9.17, 15) is 23.1 Å². The first-order valence-corrected chi connectivity index (χ1v) is 22.7. The second-order valence-corrected chi connectivity index (χ2v) is 22.4. The van der Waals surface area contributed by atoms with E-state index in [-0.39, 0.29) is 36.4 Å². The molecular weight excluding hydrogens is 722 g/mol. The molecule has 2 saturated heterocycles. The molecule has 298 valence electrons. The summed E-state index contributed by atoms with van der Waals surface area (Å²) in [5.74, 6) is 0.652. The summed E-state index contributed by atoms with van der Waals surface area (Å²) in [4.78, 5) is 29.6. The van der Waals surface area contributed by atoms with Crippen molar-refractivity contribution in [2.45, 2.75) is 84.8 Å². The zero-order chi connectivity index (χ0) is 38.8. The minimum Gasteiger partial charge on any atom is -0.465 e. The van der Waals surface area contributed by atoms with Crippen LogP contribution in [0.1, 0.15) is 44.0 Å². The Bertz CT molecular complexity index is 1770. The fourth-order valence-corrected chi connectivity index (χ4v) is 8.23. The van der Waals surface area contributed by atoms with E-state index in [1.165, 1.54) is 17.2 Å². The molecule has 1 N–H and O–H groups in total. The molecule has 5 heterocycles. The number of amides is 1. The van der Waals surface area contributed by atoms with Gasteiger partial charge in [0.2, 0.25) is 0 Å². The van der Waals surface area contributed by atoms with E-state index in [0.717, 1.165) is 43.7 Å². The summed E-state index contributed by atoms with van der Waals surface area (Å²) >= 11 is 0. The maximum atomic E-state index is 14.7. The molecule has 3 aliphatic heterocycles. The zero-order valence-corrected chi connectivity index (χ0v) is 33.4. The average Bonchev–Trinajstić information content (AvgIpc) is 3.53. The Balaban J connectivity index is 1.31. The SMILES string of the molecule is CC(C)(C)C1CN(c2nc(OCCCN3CCOCC3)nc3c2CCN(c2c(C(F)(F)F)ccc4c2cnn4COCC[Si](C)(C)C)C3)CCN1C(=O)O. The summed E-state index contributed by atoms with van der Waals surface area (Å²) in [6.07, 6.45) is -2.93. The monoisotopic (exact) mass is 776 g/mol. The van der Waals surface area contributed by atoms with Gasteiger partial charge >= 0.3 is 18.3 Å². The smallest absolute Gasteiger partial charge is 0.418 e. The van der Waals surface area contributed by atoms with Crippen molar-refractivity contribution in [2.75, 3.05) is 82.0 Å². The molecule has 1 atom stereocenters. The number of alkyl halides is 3. The fraction of sp³-hybridized carbons (Fsp3) is 0.676. The first-order valence-electron chi connectivity index (χ1n) is 19.0. The summed E-state index contributed by atoms with van der Waals surface area (Å²) in [6, 6.07) is 3.43. The van der Waals surface area contributed by atoms with Crippen LogP contribution in [0.3, 0.4) is 0 Å². The van der Waals surface area contributed by atoms with Gasteiger partial charge in [0.05, 0.1) is 61.1 Å². The van der Waals surface area contributed by atoms with Crippen molar-refractivity contribution in [2.24, 2.45) is 5.41 Å². The predicted octanol–water partition coefficient (Wildman–Crippen LogP) is 6.04. The third kappa shape index (κ3) is 9.40. The molecule has 2 aromatic heterocycles. The maximum Gasteiger partial charge on any atom is 0.418 e. The molecule has 1 amide bonds. The number of fused-ring (bicyclic) bond motifs is 2. The third-order valence-electron chi connectivity index (χ3n) is 10.5. The Kier molecular flexibility index (Phi) is 12.0. The number of carboxylic acid groups (broad SMARTS) is 1. The number of nitrogens with zero attached hydrogens (tertiary/aromatic N) is 8. The van der Waals surface area contributed by atoms with Gasteiger partial charge in [0.1, 0.15) is 12.5 Å². The highest BCUT2D eigenvalue weighted by Crippen LogP contribution is 2.43. The van der Waals surface area contributed by atoms with E-state index in [1.807, 2.05) is 20.8 Å². The minimum absolute atomic E-state index is 0.0648. The number of hydrogen-bond donors (Lipinski definition) is 1. The summed E-state index contributed by atoms with van der Waals surface area (Å²) in [6.45, 7) is 19.4. The lowest BCUT2D eigenvalue weighted by Crippen LogP contribution is -2.60. The molecule has 54 heavy (non-hydrogen) atoms. The van der Waals surface area contributed by atoms with Crippen molar-refractivity contribution in [3.63, 3.8) is 0 Å². The molecule has 1 unspecified atom stereocenters. The Hall–Kier alpha value is -3.67. The Morgan fingerprint density at radius 1 is 1.02 bits per heavy atom. The van der Waals surface area contributed by atoms with Crippen molar-refractivity contribution in [1.29, 1.82) is 0 Å². The van der Waals surface area contributed by atoms with Crippen LogP contribution in [-0.4, -0.2) is 127 Å². The highest BCUT2D eigenvalue weighted by Gasteiger charge is 2.41. The van der Waals surface area contributed by atoms with Crippen molar-refractivity contribution in [3.8, 4) is 6.01 Å². The van der Waals surface area contributed by atoms with Gasteiger partial charge in [0, 0.05) is 71.4 Å². The number of aromatic nitrogens is 4. The van der Waals surface area contributed by atoms with E-state index >= 15 is 0 Å². The van der Waals surface area contributed by atoms with Gasteiger partial charge in [-0.2, -0.15) is 28.2 Å². The normalized spacial score (nSPS) is 19.1. The van der Waals surface area contributed by atoms with Crippen LogP contribution in [0.5, 0.6) is 6.01 Å². The predicted molar refractivity (Wildman–Crippen MR) is 203 cm³/mol. The molecular formula is C37H55F3N8O5Si. The van der Waals surface area contributed by atoms with Crippen LogP contribution in [0.15, 0.2) is 18.3 Å². The molecule has 0 aliphatic carbocycles. The van der Waals surface area contributed by atoms with Gasteiger partial charge < -0.3 is 34.0 Å². The van der Waals surface area contributed by atoms with Crippen molar-refractivity contribution in [3.05, 3.63) is 35.2 Å². The van der Waals surface area contributed by atoms with E-state index in [0.29, 0.717) is 81.4 Å². The van der Waals surface area contributed by atoms with Crippen molar-refractivity contribution >= 4 is 36.6 Å². The third-order valence-corrected chi connectivity index (χ3v) is 12.2. The number of ether oxygens (including phenoxy) is 3. The molecule has 0 spiro atoms. The molecule has 0 bridgehead atoms. The van der Waals surface area contributed by atoms with Gasteiger partial charge in [-0.05, 0) is 36.4 Å². The molecule has 0 saturated carbocycles. The van der Waals surface area contributed by atoms with Crippen LogP contribution in [0.4, 0.5) is 29.5 Å². The molecule has 3 aromatic rings. The number of anilines is 2. The number of carbonyl (C=O) groups is 1.